The Balaban J connectivity index is 2.52. The number of benzene rings is 1. The summed E-state index contributed by atoms with van der Waals surface area (Å²) in [6, 6.07) is 2.36. The summed E-state index contributed by atoms with van der Waals surface area (Å²) in [7, 11) is 0. The molecule has 0 atom stereocenters. The molecule has 90 valence electrons. The largest absolute Gasteiger partial charge is 0.507 e. The van der Waals surface area contributed by atoms with E-state index in [1.165, 1.54) is 12.3 Å². The van der Waals surface area contributed by atoms with Crippen molar-refractivity contribution in [2.24, 2.45) is 0 Å². The first kappa shape index (κ1) is 11.9. The number of nitrogens with zero attached hydrogens (tertiary/aromatic N) is 3. The van der Waals surface area contributed by atoms with Crippen molar-refractivity contribution in [2.75, 3.05) is 0 Å². The van der Waals surface area contributed by atoms with Gasteiger partial charge in [0.05, 0.1) is 16.9 Å². The lowest BCUT2D eigenvalue weighted by atomic mass is 10.1. The predicted molar refractivity (Wildman–Crippen MR) is 62.4 cm³/mol. The number of aromatic nitrogens is 3. The Kier molecular flexibility index (Phi) is 3.28. The van der Waals surface area contributed by atoms with Gasteiger partial charge in [-0.25, -0.2) is 9.07 Å². The third-order valence-corrected chi connectivity index (χ3v) is 2.66. The zero-order valence-corrected chi connectivity index (χ0v) is 9.95. The van der Waals surface area contributed by atoms with Gasteiger partial charge in [-0.05, 0) is 12.5 Å². The monoisotopic (exact) mass is 255 g/mol. The first-order valence-electron chi connectivity index (χ1n) is 5.20. The van der Waals surface area contributed by atoms with Gasteiger partial charge in [0.15, 0.2) is 0 Å². The van der Waals surface area contributed by atoms with E-state index in [-0.39, 0.29) is 10.8 Å². The zero-order valence-electron chi connectivity index (χ0n) is 9.19. The summed E-state index contributed by atoms with van der Waals surface area (Å²) in [4.78, 5) is 0. The van der Waals surface area contributed by atoms with Crippen LogP contribution in [0.1, 0.15) is 13.3 Å². The normalized spacial score (nSPS) is 10.8. The van der Waals surface area contributed by atoms with Gasteiger partial charge in [0.2, 0.25) is 0 Å². The highest BCUT2D eigenvalue weighted by Crippen LogP contribution is 2.32. The summed E-state index contributed by atoms with van der Waals surface area (Å²) in [5.41, 5.74) is 1.04. The van der Waals surface area contributed by atoms with E-state index in [0.29, 0.717) is 17.8 Å². The van der Waals surface area contributed by atoms with Crippen LogP contribution in [0.3, 0.4) is 0 Å². The van der Waals surface area contributed by atoms with Crippen LogP contribution in [-0.4, -0.2) is 20.1 Å². The number of phenolic OH excluding ortho intramolecular Hbond substituents is 1. The van der Waals surface area contributed by atoms with Crippen LogP contribution in [0.2, 0.25) is 5.02 Å². The van der Waals surface area contributed by atoms with Gasteiger partial charge in [0.1, 0.15) is 11.6 Å². The van der Waals surface area contributed by atoms with Crippen molar-refractivity contribution < 1.29 is 9.50 Å². The minimum atomic E-state index is -0.651. The molecular formula is C11H11ClFN3O. The molecule has 0 spiro atoms. The van der Waals surface area contributed by atoms with E-state index in [1.807, 2.05) is 6.92 Å². The molecule has 1 N–H and O–H groups in total. The number of phenols is 1. The lowest BCUT2D eigenvalue weighted by molar-refractivity contribution is 0.470. The van der Waals surface area contributed by atoms with Gasteiger partial charge in [0, 0.05) is 18.2 Å². The molecule has 1 aromatic carbocycles. The first-order valence-corrected chi connectivity index (χ1v) is 5.58. The average Bonchev–Trinajstić information content (AvgIpc) is 2.72. The smallest absolute Gasteiger partial charge is 0.145 e. The van der Waals surface area contributed by atoms with E-state index in [1.54, 1.807) is 4.68 Å². The van der Waals surface area contributed by atoms with Gasteiger partial charge in [-0.15, -0.1) is 5.10 Å². The van der Waals surface area contributed by atoms with Crippen LogP contribution in [-0.2, 0) is 6.54 Å². The number of hydrogen-bond donors (Lipinski definition) is 1. The number of aromatic hydroxyl groups is 1. The van der Waals surface area contributed by atoms with E-state index in [4.69, 9.17) is 11.6 Å². The summed E-state index contributed by atoms with van der Waals surface area (Å²) >= 11 is 5.70. The molecule has 4 nitrogen and oxygen atoms in total. The van der Waals surface area contributed by atoms with Crippen molar-refractivity contribution in [2.45, 2.75) is 19.9 Å². The molecule has 0 bridgehead atoms. The Morgan fingerprint density at radius 3 is 2.94 bits per heavy atom. The second-order valence-electron chi connectivity index (χ2n) is 3.63. The zero-order chi connectivity index (χ0) is 12.4. The van der Waals surface area contributed by atoms with Gasteiger partial charge in [0.25, 0.3) is 0 Å². The highest BCUT2D eigenvalue weighted by atomic mass is 35.5. The van der Waals surface area contributed by atoms with Crippen molar-refractivity contribution >= 4 is 11.6 Å². The first-order chi connectivity index (χ1) is 8.13. The van der Waals surface area contributed by atoms with Gasteiger partial charge in [-0.1, -0.05) is 23.7 Å². The molecule has 0 aliphatic carbocycles. The second kappa shape index (κ2) is 4.71. The van der Waals surface area contributed by atoms with Crippen LogP contribution in [0.25, 0.3) is 11.3 Å². The van der Waals surface area contributed by atoms with Crippen molar-refractivity contribution in [1.82, 2.24) is 15.0 Å². The number of aryl methyl sites for hydroxylation is 1. The molecule has 2 rings (SSSR count). The minimum absolute atomic E-state index is 0.0398. The molecule has 0 unspecified atom stereocenters. The molecule has 0 saturated heterocycles. The fraction of sp³-hybridized carbons (Fsp3) is 0.273. The van der Waals surface area contributed by atoms with Gasteiger partial charge >= 0.3 is 0 Å². The Labute approximate surface area is 103 Å². The molecule has 0 aliphatic heterocycles. The minimum Gasteiger partial charge on any atom is -0.507 e. The van der Waals surface area contributed by atoms with Crippen LogP contribution in [0.4, 0.5) is 4.39 Å². The Hall–Kier alpha value is -1.62. The molecule has 0 fully saturated rings. The molecule has 0 aliphatic rings. The predicted octanol–water partition coefficient (Wildman–Crippen LogP) is 2.85. The fourth-order valence-electron chi connectivity index (χ4n) is 1.58. The highest BCUT2D eigenvalue weighted by molar-refractivity contribution is 6.31. The van der Waals surface area contributed by atoms with Crippen LogP contribution in [0.15, 0.2) is 18.3 Å². The molecule has 1 aromatic heterocycles. The van der Waals surface area contributed by atoms with E-state index in [2.05, 4.69) is 10.3 Å². The molecule has 1 heterocycles. The molecule has 0 amide bonds. The van der Waals surface area contributed by atoms with Crippen molar-refractivity contribution in [3.8, 4) is 17.0 Å². The highest BCUT2D eigenvalue weighted by Gasteiger charge is 2.13. The molecule has 6 heteroatoms. The maximum absolute atomic E-state index is 13.1. The van der Waals surface area contributed by atoms with Gasteiger partial charge in [-0.2, -0.15) is 0 Å². The topological polar surface area (TPSA) is 50.9 Å². The van der Waals surface area contributed by atoms with Gasteiger partial charge in [-0.3, -0.25) is 0 Å². The Morgan fingerprint density at radius 2 is 2.24 bits per heavy atom. The molecule has 0 radical (unpaired) electrons. The standard InChI is InChI=1S/C11H11ClFN3O/c1-2-3-16-10(6-14-15-16)7-4-8(12)9(13)5-11(7)17/h4-6,17H,2-3H2,1H3. The summed E-state index contributed by atoms with van der Waals surface area (Å²) in [5.74, 6) is -0.825. The molecular weight excluding hydrogens is 245 g/mol. The average molecular weight is 256 g/mol. The number of rotatable bonds is 3. The third-order valence-electron chi connectivity index (χ3n) is 2.37. The van der Waals surface area contributed by atoms with Crippen LogP contribution < -0.4 is 0 Å². The van der Waals surface area contributed by atoms with Crippen LogP contribution >= 0.6 is 11.6 Å². The quantitative estimate of drug-likeness (QED) is 0.918. The third kappa shape index (κ3) is 2.24. The summed E-state index contributed by atoms with van der Waals surface area (Å²) in [6.07, 6.45) is 2.39. The van der Waals surface area contributed by atoms with E-state index in [9.17, 15) is 9.50 Å². The maximum Gasteiger partial charge on any atom is 0.145 e. The molecule has 0 saturated carbocycles. The van der Waals surface area contributed by atoms with Crippen LogP contribution in [0.5, 0.6) is 5.75 Å². The van der Waals surface area contributed by atoms with Crippen molar-refractivity contribution in [3.05, 3.63) is 29.2 Å². The van der Waals surface area contributed by atoms with Crippen molar-refractivity contribution in [3.63, 3.8) is 0 Å². The summed E-state index contributed by atoms with van der Waals surface area (Å²) in [6.45, 7) is 2.67. The number of hydrogen-bond acceptors (Lipinski definition) is 3. The summed E-state index contributed by atoms with van der Waals surface area (Å²) < 4.78 is 14.8. The lowest BCUT2D eigenvalue weighted by Gasteiger charge is -2.07. The molecule has 2 aromatic rings. The molecule has 17 heavy (non-hydrogen) atoms. The van der Waals surface area contributed by atoms with E-state index < -0.39 is 5.82 Å². The summed E-state index contributed by atoms with van der Waals surface area (Å²) in [5, 5.41) is 17.3. The maximum atomic E-state index is 13.1. The van der Waals surface area contributed by atoms with Gasteiger partial charge < -0.3 is 5.11 Å². The SMILES string of the molecule is CCCn1nncc1-c1cc(Cl)c(F)cc1O. The fourth-order valence-corrected chi connectivity index (χ4v) is 1.75. The Morgan fingerprint density at radius 1 is 1.47 bits per heavy atom. The van der Waals surface area contributed by atoms with Crippen molar-refractivity contribution in [1.29, 1.82) is 0 Å². The van der Waals surface area contributed by atoms with E-state index >= 15 is 0 Å². The van der Waals surface area contributed by atoms with Crippen LogP contribution in [0, 0.1) is 5.82 Å². The second-order valence-corrected chi connectivity index (χ2v) is 4.03. The Bertz CT molecular complexity index is 542. The van der Waals surface area contributed by atoms with E-state index in [0.717, 1.165) is 12.5 Å². The number of halogens is 2. The lowest BCUT2D eigenvalue weighted by Crippen LogP contribution is -2.01.